The normalized spacial score (nSPS) is 18.5. The summed E-state index contributed by atoms with van der Waals surface area (Å²) >= 11 is 0. The highest BCUT2D eigenvalue weighted by Gasteiger charge is 2.33. The minimum absolute atomic E-state index is 0.209. The van der Waals surface area contributed by atoms with E-state index in [0.717, 1.165) is 30.9 Å². The maximum absolute atomic E-state index is 12.6. The lowest BCUT2D eigenvalue weighted by Gasteiger charge is -2.29. The maximum Gasteiger partial charge on any atom is 0.254 e. The van der Waals surface area contributed by atoms with E-state index in [1.807, 2.05) is 18.2 Å². The van der Waals surface area contributed by atoms with E-state index in [1.165, 1.54) is 0 Å². The van der Waals surface area contributed by atoms with Crippen molar-refractivity contribution in [3.05, 3.63) is 54.6 Å². The Morgan fingerprint density at radius 3 is 2.62 bits per heavy atom. The predicted octanol–water partition coefficient (Wildman–Crippen LogP) is 1.75. The lowest BCUT2D eigenvalue weighted by atomic mass is 10.0. The van der Waals surface area contributed by atoms with E-state index < -0.39 is 5.60 Å². The smallest absolute Gasteiger partial charge is 0.254 e. The Balaban J connectivity index is 1.82. The van der Waals surface area contributed by atoms with Gasteiger partial charge in [-0.05, 0) is 38.3 Å². The van der Waals surface area contributed by atoms with E-state index in [-0.39, 0.29) is 11.8 Å². The van der Waals surface area contributed by atoms with E-state index in [4.69, 9.17) is 0 Å². The second-order valence-corrected chi connectivity index (χ2v) is 7.36. The zero-order valence-corrected chi connectivity index (χ0v) is 15.4. The van der Waals surface area contributed by atoms with Crippen molar-refractivity contribution in [1.29, 1.82) is 0 Å². The highest BCUT2D eigenvalue weighted by atomic mass is 16.3. The number of aromatic nitrogens is 2. The van der Waals surface area contributed by atoms with E-state index in [1.54, 1.807) is 37.3 Å². The van der Waals surface area contributed by atoms with Crippen LogP contribution in [0.4, 0.5) is 5.69 Å². The molecule has 3 rings (SSSR count). The molecule has 2 heterocycles. The molecule has 2 aromatic rings. The molecule has 1 aliphatic rings. The number of carbonyl (C=O) groups is 1. The van der Waals surface area contributed by atoms with Crippen LogP contribution in [-0.4, -0.2) is 57.7 Å². The van der Waals surface area contributed by atoms with Crippen LogP contribution in [0.5, 0.6) is 0 Å². The third-order valence-corrected chi connectivity index (χ3v) is 4.64. The summed E-state index contributed by atoms with van der Waals surface area (Å²) < 4.78 is 0. The molecule has 0 saturated carbocycles. The summed E-state index contributed by atoms with van der Waals surface area (Å²) in [5, 5.41) is 10.2. The predicted molar refractivity (Wildman–Crippen MR) is 101 cm³/mol. The monoisotopic (exact) mass is 354 g/mol. The Morgan fingerprint density at radius 1 is 1.19 bits per heavy atom. The first-order chi connectivity index (χ1) is 12.4. The third kappa shape index (κ3) is 4.58. The minimum Gasteiger partial charge on any atom is -0.381 e. The molecule has 1 N–H and O–H groups in total. The molecule has 26 heavy (non-hydrogen) atoms. The first-order valence-electron chi connectivity index (χ1n) is 9.00. The van der Waals surface area contributed by atoms with Gasteiger partial charge in [-0.25, -0.2) is 0 Å². The standard InChI is InChI=1S/C20H26N4O2/c1-20(2,26)19(25)24-11-10-23(18-6-4-3-5-7-18)14-16(15-24)12-17-13-21-8-9-22-17/h3-9,13,16,26H,10-12,14-15H2,1-2H3/t16-/m1/s1. The van der Waals surface area contributed by atoms with Gasteiger partial charge in [0.05, 0.1) is 5.69 Å². The molecule has 0 radical (unpaired) electrons. The molecule has 1 fully saturated rings. The van der Waals surface area contributed by atoms with Gasteiger partial charge in [0.1, 0.15) is 5.60 Å². The highest BCUT2D eigenvalue weighted by molar-refractivity contribution is 5.84. The number of rotatable bonds is 4. The summed E-state index contributed by atoms with van der Waals surface area (Å²) in [4.78, 5) is 25.3. The molecule has 0 spiro atoms. The van der Waals surface area contributed by atoms with E-state index in [2.05, 4.69) is 27.0 Å². The van der Waals surface area contributed by atoms with Gasteiger partial charge in [-0.2, -0.15) is 0 Å². The molecule has 0 unspecified atom stereocenters. The van der Waals surface area contributed by atoms with Crippen molar-refractivity contribution in [1.82, 2.24) is 14.9 Å². The summed E-state index contributed by atoms with van der Waals surface area (Å²) in [6.45, 7) is 5.86. The summed E-state index contributed by atoms with van der Waals surface area (Å²) in [6, 6.07) is 10.2. The van der Waals surface area contributed by atoms with Crippen LogP contribution in [0.15, 0.2) is 48.9 Å². The van der Waals surface area contributed by atoms with Gasteiger partial charge in [-0.1, -0.05) is 18.2 Å². The van der Waals surface area contributed by atoms with Gasteiger partial charge in [0.2, 0.25) is 0 Å². The van der Waals surface area contributed by atoms with Crippen molar-refractivity contribution in [2.75, 3.05) is 31.1 Å². The molecule has 138 valence electrons. The van der Waals surface area contributed by atoms with Gasteiger partial charge in [-0.15, -0.1) is 0 Å². The van der Waals surface area contributed by atoms with Crippen molar-refractivity contribution < 1.29 is 9.90 Å². The SMILES string of the molecule is CC(C)(O)C(=O)N1CCN(c2ccccc2)C[C@@H](Cc2cnccn2)C1. The lowest BCUT2D eigenvalue weighted by molar-refractivity contribution is -0.148. The van der Waals surface area contributed by atoms with Crippen molar-refractivity contribution in [3.63, 3.8) is 0 Å². The number of hydrogen-bond acceptors (Lipinski definition) is 5. The van der Waals surface area contributed by atoms with Gasteiger partial charge >= 0.3 is 0 Å². The van der Waals surface area contributed by atoms with Crippen LogP contribution in [0.1, 0.15) is 19.5 Å². The first kappa shape index (κ1) is 18.3. The maximum atomic E-state index is 12.6. The van der Waals surface area contributed by atoms with Crippen LogP contribution in [0.2, 0.25) is 0 Å². The minimum atomic E-state index is -1.36. The van der Waals surface area contributed by atoms with Crippen molar-refractivity contribution in [3.8, 4) is 0 Å². The van der Waals surface area contributed by atoms with Crippen LogP contribution in [0.3, 0.4) is 0 Å². The summed E-state index contributed by atoms with van der Waals surface area (Å²) in [5.74, 6) is -0.0164. The largest absolute Gasteiger partial charge is 0.381 e. The summed E-state index contributed by atoms with van der Waals surface area (Å²) in [6.07, 6.45) is 5.88. The van der Waals surface area contributed by atoms with Crippen molar-refractivity contribution >= 4 is 11.6 Å². The molecule has 6 nitrogen and oxygen atoms in total. The van der Waals surface area contributed by atoms with Crippen LogP contribution < -0.4 is 4.90 Å². The molecule has 1 atom stereocenters. The van der Waals surface area contributed by atoms with Crippen molar-refractivity contribution in [2.45, 2.75) is 25.9 Å². The topological polar surface area (TPSA) is 69.6 Å². The van der Waals surface area contributed by atoms with Gasteiger partial charge in [0.15, 0.2) is 0 Å². The van der Waals surface area contributed by atoms with Crippen LogP contribution in [0, 0.1) is 5.92 Å². The summed E-state index contributed by atoms with van der Waals surface area (Å²) in [7, 11) is 0. The number of benzene rings is 1. The quantitative estimate of drug-likeness (QED) is 0.906. The zero-order valence-electron chi connectivity index (χ0n) is 15.4. The number of aliphatic hydroxyl groups is 1. The van der Waals surface area contributed by atoms with Crippen LogP contribution in [0.25, 0.3) is 0 Å². The Bertz CT molecular complexity index is 716. The lowest BCUT2D eigenvalue weighted by Crippen LogP contribution is -2.47. The Hall–Kier alpha value is -2.47. The number of nitrogens with zero attached hydrogens (tertiary/aromatic N) is 4. The second-order valence-electron chi connectivity index (χ2n) is 7.36. The van der Waals surface area contributed by atoms with Gasteiger partial charge < -0.3 is 14.9 Å². The molecule has 6 heteroatoms. The fourth-order valence-electron chi connectivity index (χ4n) is 3.41. The van der Waals surface area contributed by atoms with Gasteiger partial charge in [0, 0.05) is 50.5 Å². The van der Waals surface area contributed by atoms with E-state index in [9.17, 15) is 9.90 Å². The molecular formula is C20H26N4O2. The van der Waals surface area contributed by atoms with Gasteiger partial charge in [-0.3, -0.25) is 14.8 Å². The van der Waals surface area contributed by atoms with E-state index >= 15 is 0 Å². The fourth-order valence-corrected chi connectivity index (χ4v) is 3.41. The summed E-state index contributed by atoms with van der Waals surface area (Å²) in [5.41, 5.74) is 0.705. The Labute approximate surface area is 154 Å². The molecule has 0 aliphatic carbocycles. The van der Waals surface area contributed by atoms with Crippen LogP contribution >= 0.6 is 0 Å². The molecular weight excluding hydrogens is 328 g/mol. The molecule has 1 aliphatic heterocycles. The number of anilines is 1. The second kappa shape index (κ2) is 7.83. The van der Waals surface area contributed by atoms with Crippen LogP contribution in [-0.2, 0) is 11.2 Å². The number of amides is 1. The average Bonchev–Trinajstić information content (AvgIpc) is 2.84. The molecule has 1 aromatic carbocycles. The zero-order chi connectivity index (χ0) is 18.6. The fraction of sp³-hybridized carbons (Fsp3) is 0.450. The number of hydrogen-bond donors (Lipinski definition) is 1. The molecule has 1 amide bonds. The van der Waals surface area contributed by atoms with Crippen molar-refractivity contribution in [2.24, 2.45) is 5.92 Å². The average molecular weight is 354 g/mol. The third-order valence-electron chi connectivity index (χ3n) is 4.64. The Kier molecular flexibility index (Phi) is 5.52. The molecule has 1 saturated heterocycles. The van der Waals surface area contributed by atoms with E-state index in [0.29, 0.717) is 13.1 Å². The number of carbonyl (C=O) groups excluding carboxylic acids is 1. The highest BCUT2D eigenvalue weighted by Crippen LogP contribution is 2.22. The Morgan fingerprint density at radius 2 is 1.96 bits per heavy atom. The molecule has 1 aromatic heterocycles. The van der Waals surface area contributed by atoms with Gasteiger partial charge in [0.25, 0.3) is 5.91 Å². The molecule has 0 bridgehead atoms. The number of para-hydroxylation sites is 1. The first-order valence-corrected chi connectivity index (χ1v) is 9.00.